The molecule has 4 nitrogen and oxygen atoms in total. The molecule has 1 amide bonds. The Bertz CT molecular complexity index is 760. The monoisotopic (exact) mass is 347 g/mol. The number of carboxylic acid groups (broad SMARTS) is 1. The number of carboxylic acids is 1. The lowest BCUT2D eigenvalue weighted by atomic mass is 9.71. The number of allylic oxidation sites excluding steroid dienone is 2. The van der Waals surface area contributed by atoms with Crippen LogP contribution in [-0.2, 0) is 9.59 Å². The molecule has 0 unspecified atom stereocenters. The Kier molecular flexibility index (Phi) is 3.50. The minimum absolute atomic E-state index is 0.0683. The van der Waals surface area contributed by atoms with Crippen LogP contribution in [0.2, 0.25) is 5.02 Å². The van der Waals surface area contributed by atoms with Crippen molar-refractivity contribution in [1.29, 1.82) is 0 Å². The number of anilines is 1. The SMILES string of the molecule is O=C(O)[C@H]1[C@H]2C(=O)N(c3cccc(Cl)c3)C[C@@H]2C=C2SC=C[C@@H]21. The van der Waals surface area contributed by atoms with Gasteiger partial charge in [-0.2, -0.15) is 0 Å². The molecular weight excluding hydrogens is 334 g/mol. The van der Waals surface area contributed by atoms with Gasteiger partial charge in [-0.05, 0) is 28.5 Å². The van der Waals surface area contributed by atoms with Crippen LogP contribution in [0.5, 0.6) is 0 Å². The minimum atomic E-state index is -0.899. The second-order valence-corrected chi connectivity index (χ2v) is 7.44. The highest BCUT2D eigenvalue weighted by atomic mass is 35.5. The number of nitrogens with zero attached hydrogens (tertiary/aromatic N) is 1. The summed E-state index contributed by atoms with van der Waals surface area (Å²) >= 11 is 7.59. The predicted octanol–water partition coefficient (Wildman–Crippen LogP) is 3.39. The average molecular weight is 348 g/mol. The van der Waals surface area contributed by atoms with E-state index in [1.165, 1.54) is 0 Å². The summed E-state index contributed by atoms with van der Waals surface area (Å²) in [6.45, 7) is 0.504. The van der Waals surface area contributed by atoms with Gasteiger partial charge in [-0.3, -0.25) is 9.59 Å². The second kappa shape index (κ2) is 5.42. The second-order valence-electron chi connectivity index (χ2n) is 6.02. The topological polar surface area (TPSA) is 57.6 Å². The lowest BCUT2D eigenvalue weighted by Crippen LogP contribution is -2.39. The molecule has 0 bridgehead atoms. The maximum atomic E-state index is 12.9. The fourth-order valence-electron chi connectivity index (χ4n) is 3.79. The molecule has 4 atom stereocenters. The number of hydrogen-bond donors (Lipinski definition) is 1. The van der Waals surface area contributed by atoms with Gasteiger partial charge in [0.15, 0.2) is 0 Å². The van der Waals surface area contributed by atoms with Crippen molar-refractivity contribution in [3.05, 3.63) is 51.8 Å². The smallest absolute Gasteiger partial charge is 0.308 e. The van der Waals surface area contributed by atoms with E-state index in [0.29, 0.717) is 11.6 Å². The van der Waals surface area contributed by atoms with Crippen LogP contribution in [0.4, 0.5) is 5.69 Å². The van der Waals surface area contributed by atoms with Gasteiger partial charge < -0.3 is 10.0 Å². The molecule has 3 aliphatic rings. The van der Waals surface area contributed by atoms with Gasteiger partial charge in [-0.1, -0.05) is 29.8 Å². The zero-order valence-corrected chi connectivity index (χ0v) is 13.6. The molecule has 0 radical (unpaired) electrons. The zero-order chi connectivity index (χ0) is 16.1. The van der Waals surface area contributed by atoms with Crippen LogP contribution in [0.15, 0.2) is 46.7 Å². The first-order valence-electron chi connectivity index (χ1n) is 7.41. The maximum absolute atomic E-state index is 12.9. The number of thioether (sulfide) groups is 1. The molecular formula is C17H14ClNO3S. The van der Waals surface area contributed by atoms with Gasteiger partial charge >= 0.3 is 5.97 Å². The Balaban J connectivity index is 1.73. The van der Waals surface area contributed by atoms with E-state index in [9.17, 15) is 14.7 Å². The first kappa shape index (κ1) is 14.8. The van der Waals surface area contributed by atoms with Gasteiger partial charge in [0.05, 0.1) is 11.8 Å². The van der Waals surface area contributed by atoms with Crippen molar-refractivity contribution in [2.75, 3.05) is 11.4 Å². The number of carbonyl (C=O) groups is 2. The Morgan fingerprint density at radius 2 is 2.22 bits per heavy atom. The Morgan fingerprint density at radius 3 is 2.96 bits per heavy atom. The van der Waals surface area contributed by atoms with E-state index in [-0.39, 0.29) is 17.7 Å². The lowest BCUT2D eigenvalue weighted by molar-refractivity contribution is -0.148. The van der Waals surface area contributed by atoms with Crippen molar-refractivity contribution in [2.24, 2.45) is 23.7 Å². The summed E-state index contributed by atoms with van der Waals surface area (Å²) in [5.41, 5.74) is 0.729. The summed E-state index contributed by atoms with van der Waals surface area (Å²) in [6, 6.07) is 7.13. The molecule has 0 spiro atoms. The third-order valence-corrected chi connectivity index (χ3v) is 5.99. The highest BCUT2D eigenvalue weighted by molar-refractivity contribution is 8.06. The third-order valence-electron chi connectivity index (χ3n) is 4.78. The highest BCUT2D eigenvalue weighted by Gasteiger charge is 2.53. The van der Waals surface area contributed by atoms with Gasteiger partial charge in [0.2, 0.25) is 5.91 Å². The number of aliphatic carboxylic acids is 1. The molecule has 1 aromatic carbocycles. The summed E-state index contributed by atoms with van der Waals surface area (Å²) in [5.74, 6) is -2.47. The summed E-state index contributed by atoms with van der Waals surface area (Å²) in [4.78, 5) is 27.5. The van der Waals surface area contributed by atoms with Gasteiger partial charge in [-0.25, -0.2) is 0 Å². The zero-order valence-electron chi connectivity index (χ0n) is 12.1. The van der Waals surface area contributed by atoms with Crippen molar-refractivity contribution in [2.45, 2.75) is 0 Å². The summed E-state index contributed by atoms with van der Waals surface area (Å²) in [6.07, 6.45) is 3.99. The van der Waals surface area contributed by atoms with Crippen LogP contribution in [0, 0.1) is 23.7 Å². The molecule has 1 fully saturated rings. The number of carbonyl (C=O) groups excluding carboxylic acids is 1. The van der Waals surface area contributed by atoms with E-state index in [4.69, 9.17) is 11.6 Å². The number of amides is 1. The predicted molar refractivity (Wildman–Crippen MR) is 90.2 cm³/mol. The minimum Gasteiger partial charge on any atom is -0.481 e. The molecule has 1 N–H and O–H groups in total. The standard InChI is InChI=1S/C17H14ClNO3S/c18-10-2-1-3-11(7-10)19-8-9-6-13-12(4-5-23-13)15(17(21)22)14(9)16(19)20/h1-7,9,12,14-15H,8H2,(H,21,22)/t9-,12-,14-,15+/m0/s1. The van der Waals surface area contributed by atoms with Gasteiger partial charge in [0.1, 0.15) is 0 Å². The van der Waals surface area contributed by atoms with E-state index in [1.54, 1.807) is 34.9 Å². The van der Waals surface area contributed by atoms with Crippen LogP contribution < -0.4 is 4.90 Å². The number of hydrogen-bond acceptors (Lipinski definition) is 3. The van der Waals surface area contributed by atoms with E-state index < -0.39 is 17.8 Å². The molecule has 1 aliphatic carbocycles. The number of benzene rings is 1. The van der Waals surface area contributed by atoms with E-state index >= 15 is 0 Å². The summed E-state index contributed by atoms with van der Waals surface area (Å²) in [5, 5.41) is 12.2. The van der Waals surface area contributed by atoms with E-state index in [0.717, 1.165) is 10.6 Å². The van der Waals surface area contributed by atoms with Crippen molar-refractivity contribution in [1.82, 2.24) is 0 Å². The van der Waals surface area contributed by atoms with Crippen molar-refractivity contribution in [3.8, 4) is 0 Å². The first-order valence-corrected chi connectivity index (χ1v) is 8.67. The molecule has 6 heteroatoms. The Hall–Kier alpha value is -1.72. The lowest BCUT2D eigenvalue weighted by Gasteiger charge is -2.31. The van der Waals surface area contributed by atoms with Crippen LogP contribution in [0.25, 0.3) is 0 Å². The molecule has 0 aromatic heterocycles. The van der Waals surface area contributed by atoms with Gasteiger partial charge in [0.25, 0.3) is 0 Å². The third kappa shape index (κ3) is 2.30. The molecule has 23 heavy (non-hydrogen) atoms. The number of rotatable bonds is 2. The fourth-order valence-corrected chi connectivity index (χ4v) is 5.02. The van der Waals surface area contributed by atoms with E-state index in [2.05, 4.69) is 6.08 Å². The quantitative estimate of drug-likeness (QED) is 0.890. The van der Waals surface area contributed by atoms with Gasteiger partial charge in [-0.15, -0.1) is 11.8 Å². The molecule has 1 aromatic rings. The van der Waals surface area contributed by atoms with Crippen LogP contribution >= 0.6 is 23.4 Å². The van der Waals surface area contributed by atoms with Gasteiger partial charge in [0, 0.05) is 29.1 Å². The molecule has 4 rings (SSSR count). The average Bonchev–Trinajstić information content (AvgIpc) is 3.09. The highest BCUT2D eigenvalue weighted by Crippen LogP contribution is 2.51. The summed E-state index contributed by atoms with van der Waals surface area (Å²) in [7, 11) is 0. The number of fused-ring (bicyclic) bond motifs is 2. The molecule has 2 heterocycles. The normalized spacial score (nSPS) is 31.8. The Labute approximate surface area is 142 Å². The number of halogens is 1. The van der Waals surface area contributed by atoms with Crippen LogP contribution in [-0.4, -0.2) is 23.5 Å². The molecule has 0 saturated carbocycles. The Morgan fingerprint density at radius 1 is 1.39 bits per heavy atom. The van der Waals surface area contributed by atoms with Crippen LogP contribution in [0.1, 0.15) is 0 Å². The maximum Gasteiger partial charge on any atom is 0.308 e. The van der Waals surface area contributed by atoms with Crippen molar-refractivity contribution >= 4 is 40.9 Å². The first-order chi connectivity index (χ1) is 11.1. The molecule has 1 saturated heterocycles. The van der Waals surface area contributed by atoms with E-state index in [1.807, 2.05) is 17.6 Å². The summed E-state index contributed by atoms with van der Waals surface area (Å²) < 4.78 is 0. The fraction of sp³-hybridized carbons (Fsp3) is 0.294. The molecule has 118 valence electrons. The van der Waals surface area contributed by atoms with Crippen molar-refractivity contribution < 1.29 is 14.7 Å². The molecule has 2 aliphatic heterocycles. The largest absolute Gasteiger partial charge is 0.481 e. The van der Waals surface area contributed by atoms with Crippen molar-refractivity contribution in [3.63, 3.8) is 0 Å². The van der Waals surface area contributed by atoms with Crippen LogP contribution in [0.3, 0.4) is 0 Å².